The van der Waals surface area contributed by atoms with Crippen molar-refractivity contribution in [3.63, 3.8) is 0 Å². The van der Waals surface area contributed by atoms with Gasteiger partial charge in [0.15, 0.2) is 5.13 Å². The van der Waals surface area contributed by atoms with E-state index in [0.717, 1.165) is 4.70 Å². The van der Waals surface area contributed by atoms with Crippen LogP contribution in [0.1, 0.15) is 25.0 Å². The zero-order valence-corrected chi connectivity index (χ0v) is 17.2. The summed E-state index contributed by atoms with van der Waals surface area (Å²) < 4.78 is 28.8. The molecule has 3 rings (SSSR count). The Morgan fingerprint density at radius 1 is 1.28 bits per heavy atom. The third-order valence-corrected chi connectivity index (χ3v) is 6.13. The lowest BCUT2D eigenvalue weighted by atomic mass is 10.2. The Balaban J connectivity index is 1.86. The molecule has 0 saturated heterocycles. The van der Waals surface area contributed by atoms with Crippen molar-refractivity contribution in [3.8, 4) is 11.8 Å². The van der Waals surface area contributed by atoms with E-state index in [0.29, 0.717) is 23.5 Å². The summed E-state index contributed by atoms with van der Waals surface area (Å²) in [5, 5.41) is 9.15. The van der Waals surface area contributed by atoms with Crippen LogP contribution in [0.5, 0.6) is 0 Å². The van der Waals surface area contributed by atoms with Crippen LogP contribution >= 0.6 is 22.9 Å². The largest absolute Gasteiger partial charge is 0.481 e. The van der Waals surface area contributed by atoms with E-state index in [1.807, 2.05) is 0 Å². The van der Waals surface area contributed by atoms with E-state index in [1.165, 1.54) is 35.6 Å². The number of hydrogen-bond donors (Lipinski definition) is 3. The standard InChI is InChI=1S/C18H15ClN4O4S2/c19-16-9-7-13(12(21-16)4-2-1-3-5-17(24)25)23-29(26,27)11-6-8-15-14(10-11)22-18(20)28-15/h6-10,23H,1,3,5H2,(H2,20,22)(H,24,25). The van der Waals surface area contributed by atoms with Crippen LogP contribution in [0.2, 0.25) is 5.15 Å². The summed E-state index contributed by atoms with van der Waals surface area (Å²) in [5.74, 6) is 4.62. The second kappa shape index (κ2) is 8.65. The summed E-state index contributed by atoms with van der Waals surface area (Å²) in [6, 6.07) is 7.45. The number of sulfonamides is 1. The van der Waals surface area contributed by atoms with E-state index >= 15 is 0 Å². The van der Waals surface area contributed by atoms with Crippen molar-refractivity contribution in [2.75, 3.05) is 10.5 Å². The predicted octanol–water partition coefficient (Wildman–Crippen LogP) is 3.33. The monoisotopic (exact) mass is 450 g/mol. The maximum atomic E-state index is 12.8. The van der Waals surface area contributed by atoms with Crippen molar-refractivity contribution >= 4 is 60.0 Å². The van der Waals surface area contributed by atoms with Gasteiger partial charge in [-0.15, -0.1) is 0 Å². The number of carboxylic acids is 1. The number of rotatable bonds is 6. The normalized spacial score (nSPS) is 11.1. The van der Waals surface area contributed by atoms with Crippen molar-refractivity contribution < 1.29 is 18.3 Å². The maximum Gasteiger partial charge on any atom is 0.303 e. The Bertz CT molecular complexity index is 1250. The van der Waals surface area contributed by atoms with Gasteiger partial charge < -0.3 is 10.8 Å². The van der Waals surface area contributed by atoms with Crippen LogP contribution in [-0.2, 0) is 14.8 Å². The molecule has 2 aromatic heterocycles. The fourth-order valence-corrected chi connectivity index (χ4v) is 4.33. The molecule has 0 aliphatic carbocycles. The average molecular weight is 451 g/mol. The van der Waals surface area contributed by atoms with Gasteiger partial charge in [-0.1, -0.05) is 28.9 Å². The Morgan fingerprint density at radius 3 is 2.83 bits per heavy atom. The number of carbonyl (C=O) groups is 1. The first-order valence-corrected chi connectivity index (χ1v) is 11.0. The molecule has 1 aromatic carbocycles. The van der Waals surface area contributed by atoms with Crippen LogP contribution in [0.4, 0.5) is 10.8 Å². The Hall–Kier alpha value is -2.87. The van der Waals surface area contributed by atoms with Gasteiger partial charge >= 0.3 is 5.97 Å². The maximum absolute atomic E-state index is 12.8. The number of nitrogens with two attached hydrogens (primary N) is 1. The molecule has 29 heavy (non-hydrogen) atoms. The van der Waals surface area contributed by atoms with Crippen molar-refractivity contribution in [1.29, 1.82) is 0 Å². The quantitative estimate of drug-likeness (QED) is 0.297. The number of unbranched alkanes of at least 4 members (excludes halogenated alkanes) is 1. The SMILES string of the molecule is Nc1nc2cc(S(=O)(=O)Nc3ccc(Cl)nc3C#CCCCC(=O)O)ccc2s1. The molecule has 0 aliphatic rings. The van der Waals surface area contributed by atoms with Crippen molar-refractivity contribution in [1.82, 2.24) is 9.97 Å². The highest BCUT2D eigenvalue weighted by Crippen LogP contribution is 2.27. The van der Waals surface area contributed by atoms with Gasteiger partial charge in [0.05, 0.1) is 20.8 Å². The molecule has 8 nitrogen and oxygen atoms in total. The van der Waals surface area contributed by atoms with E-state index in [9.17, 15) is 13.2 Å². The van der Waals surface area contributed by atoms with Gasteiger partial charge in [-0.2, -0.15) is 0 Å². The van der Waals surface area contributed by atoms with E-state index in [1.54, 1.807) is 6.07 Å². The molecule has 2 heterocycles. The first kappa shape index (κ1) is 20.9. The van der Waals surface area contributed by atoms with Gasteiger partial charge in [0, 0.05) is 12.8 Å². The van der Waals surface area contributed by atoms with E-state index in [-0.39, 0.29) is 27.9 Å². The lowest BCUT2D eigenvalue weighted by molar-refractivity contribution is -0.137. The molecule has 0 spiro atoms. The Morgan fingerprint density at radius 2 is 2.07 bits per heavy atom. The van der Waals surface area contributed by atoms with Crippen molar-refractivity contribution in [3.05, 3.63) is 41.2 Å². The third kappa shape index (κ3) is 5.35. The van der Waals surface area contributed by atoms with E-state index < -0.39 is 16.0 Å². The molecule has 4 N–H and O–H groups in total. The second-order valence-corrected chi connectivity index (χ2v) is 9.00. The predicted molar refractivity (Wildman–Crippen MR) is 112 cm³/mol. The summed E-state index contributed by atoms with van der Waals surface area (Å²) in [7, 11) is -3.93. The number of aliphatic carboxylic acids is 1. The smallest absolute Gasteiger partial charge is 0.303 e. The van der Waals surface area contributed by atoms with Gasteiger partial charge in [0.25, 0.3) is 10.0 Å². The number of hydrogen-bond acceptors (Lipinski definition) is 7. The average Bonchev–Trinajstić information content (AvgIpc) is 3.02. The van der Waals surface area contributed by atoms with Crippen LogP contribution in [0, 0.1) is 11.8 Å². The minimum Gasteiger partial charge on any atom is -0.481 e. The zero-order valence-electron chi connectivity index (χ0n) is 14.8. The molecule has 150 valence electrons. The van der Waals surface area contributed by atoms with Gasteiger partial charge in [-0.3, -0.25) is 9.52 Å². The van der Waals surface area contributed by atoms with E-state index in [2.05, 4.69) is 26.5 Å². The molecular formula is C18H15ClN4O4S2. The molecule has 0 atom stereocenters. The molecule has 0 amide bonds. The summed E-state index contributed by atoms with van der Waals surface area (Å²) in [6.45, 7) is 0. The van der Waals surface area contributed by atoms with Crippen LogP contribution in [0.25, 0.3) is 10.2 Å². The number of fused-ring (bicyclic) bond motifs is 1. The number of nitrogens with one attached hydrogen (secondary N) is 1. The first-order valence-electron chi connectivity index (χ1n) is 8.31. The molecule has 0 saturated carbocycles. The summed E-state index contributed by atoms with van der Waals surface area (Å²) in [6.07, 6.45) is 0.704. The minimum atomic E-state index is -3.93. The highest BCUT2D eigenvalue weighted by Gasteiger charge is 2.18. The number of pyridine rings is 1. The van der Waals surface area contributed by atoms with Crippen LogP contribution in [-0.4, -0.2) is 29.5 Å². The summed E-state index contributed by atoms with van der Waals surface area (Å²) >= 11 is 7.17. The number of nitrogens with zero attached hydrogens (tertiary/aromatic N) is 2. The van der Waals surface area contributed by atoms with Gasteiger partial charge in [-0.05, 0) is 42.7 Å². The molecule has 3 aromatic rings. The minimum absolute atomic E-state index is 0.000745. The lowest BCUT2D eigenvalue weighted by Gasteiger charge is -2.09. The highest BCUT2D eigenvalue weighted by atomic mass is 35.5. The number of nitrogen functional groups attached to an aromatic ring is 1. The molecular weight excluding hydrogens is 436 g/mol. The summed E-state index contributed by atoms with van der Waals surface area (Å²) in [4.78, 5) is 18.7. The fourth-order valence-electron chi connectivity index (χ4n) is 2.38. The first-order chi connectivity index (χ1) is 13.7. The van der Waals surface area contributed by atoms with Crippen LogP contribution in [0.15, 0.2) is 35.2 Å². The topological polar surface area (TPSA) is 135 Å². The number of thiazole rings is 1. The van der Waals surface area contributed by atoms with Crippen molar-refractivity contribution in [2.45, 2.75) is 24.2 Å². The molecule has 0 radical (unpaired) electrons. The molecule has 0 unspecified atom stereocenters. The van der Waals surface area contributed by atoms with Crippen LogP contribution < -0.4 is 10.5 Å². The fraction of sp³-hybridized carbons (Fsp3) is 0.167. The highest BCUT2D eigenvalue weighted by molar-refractivity contribution is 7.92. The third-order valence-electron chi connectivity index (χ3n) is 3.69. The Kier molecular flexibility index (Phi) is 6.22. The lowest BCUT2D eigenvalue weighted by Crippen LogP contribution is -2.14. The summed E-state index contributed by atoms with van der Waals surface area (Å²) in [5.41, 5.74) is 6.47. The van der Waals surface area contributed by atoms with Gasteiger partial charge in [-0.25, -0.2) is 18.4 Å². The molecule has 0 bridgehead atoms. The number of halogens is 1. The van der Waals surface area contributed by atoms with E-state index in [4.69, 9.17) is 22.4 Å². The Labute approximate surface area is 175 Å². The number of anilines is 2. The second-order valence-electron chi connectivity index (χ2n) is 5.87. The number of aromatic nitrogens is 2. The van der Waals surface area contributed by atoms with Crippen molar-refractivity contribution in [2.24, 2.45) is 0 Å². The zero-order chi connectivity index (χ0) is 21.0. The van der Waals surface area contributed by atoms with Crippen LogP contribution in [0.3, 0.4) is 0 Å². The number of carboxylic acid groups (broad SMARTS) is 1. The number of benzene rings is 1. The molecule has 11 heteroatoms. The van der Waals surface area contributed by atoms with Gasteiger partial charge in [0.2, 0.25) is 0 Å². The van der Waals surface area contributed by atoms with Gasteiger partial charge in [0.1, 0.15) is 10.8 Å². The molecule has 0 fully saturated rings. The molecule has 0 aliphatic heterocycles.